The van der Waals surface area contributed by atoms with Gasteiger partial charge in [-0.3, -0.25) is 9.59 Å². The molecule has 3 atom stereocenters. The van der Waals surface area contributed by atoms with Crippen LogP contribution in [0.2, 0.25) is 0 Å². The number of hydrogen-bond acceptors (Lipinski definition) is 4. The van der Waals surface area contributed by atoms with Crippen LogP contribution >= 0.6 is 0 Å². The maximum absolute atomic E-state index is 13.0. The molecule has 2 fully saturated rings. The molecule has 6 nitrogen and oxygen atoms in total. The lowest BCUT2D eigenvalue weighted by Crippen LogP contribution is -2.48. The normalized spacial score (nSPS) is 25.5. The molecule has 1 saturated heterocycles. The van der Waals surface area contributed by atoms with Gasteiger partial charge in [-0.05, 0) is 80.1 Å². The molecule has 2 aliphatic rings. The quantitative estimate of drug-likeness (QED) is 0.447. The summed E-state index contributed by atoms with van der Waals surface area (Å²) in [4.78, 5) is 26.3. The zero-order valence-corrected chi connectivity index (χ0v) is 20.4. The van der Waals surface area contributed by atoms with E-state index in [1.807, 2.05) is 12.1 Å². The average Bonchev–Trinajstić information content (AvgIpc) is 2.80. The number of carbonyl (C=O) groups is 2. The van der Waals surface area contributed by atoms with E-state index in [4.69, 9.17) is 5.11 Å². The van der Waals surface area contributed by atoms with Gasteiger partial charge < -0.3 is 20.4 Å². The van der Waals surface area contributed by atoms with Crippen LogP contribution in [-0.4, -0.2) is 53.2 Å². The van der Waals surface area contributed by atoms with Gasteiger partial charge in [-0.1, -0.05) is 45.2 Å². The highest BCUT2D eigenvalue weighted by Crippen LogP contribution is 2.40. The van der Waals surface area contributed by atoms with Crippen LogP contribution in [0, 0.1) is 17.8 Å². The van der Waals surface area contributed by atoms with Crippen molar-refractivity contribution in [1.82, 2.24) is 10.2 Å². The van der Waals surface area contributed by atoms with E-state index in [9.17, 15) is 14.7 Å². The molecule has 3 N–H and O–H groups in total. The molecule has 184 valence electrons. The van der Waals surface area contributed by atoms with Crippen LogP contribution in [0.3, 0.4) is 0 Å². The number of nitrogens with one attached hydrogen (secondary N) is 1. The Morgan fingerprint density at radius 2 is 2.00 bits per heavy atom. The van der Waals surface area contributed by atoms with E-state index < -0.39 is 5.97 Å². The molecule has 0 spiro atoms. The number of likely N-dealkylation sites (tertiary alicyclic amines) is 1. The first-order chi connectivity index (χ1) is 15.8. The second-order valence-corrected chi connectivity index (χ2v) is 10.5. The molecule has 1 aliphatic carbocycles. The van der Waals surface area contributed by atoms with Crippen LogP contribution in [0.25, 0.3) is 0 Å². The smallest absolute Gasteiger partial charge is 0.303 e. The van der Waals surface area contributed by atoms with Crippen LogP contribution in [0.15, 0.2) is 24.3 Å². The second-order valence-electron chi connectivity index (χ2n) is 10.5. The van der Waals surface area contributed by atoms with Crippen LogP contribution in [0.1, 0.15) is 77.2 Å². The van der Waals surface area contributed by atoms with Crippen molar-refractivity contribution >= 4 is 11.9 Å². The highest BCUT2D eigenvalue weighted by molar-refractivity contribution is 5.79. The van der Waals surface area contributed by atoms with Gasteiger partial charge in [0.25, 0.3) is 0 Å². The molecule has 0 bridgehead atoms. The number of aliphatic carboxylic acids is 1. The van der Waals surface area contributed by atoms with Crippen molar-refractivity contribution in [3.8, 4) is 5.75 Å². The van der Waals surface area contributed by atoms with Gasteiger partial charge in [0, 0.05) is 25.4 Å². The van der Waals surface area contributed by atoms with Crippen molar-refractivity contribution in [3.05, 3.63) is 29.8 Å². The minimum Gasteiger partial charge on any atom is -0.508 e. The zero-order chi connectivity index (χ0) is 23.8. The number of carbonyl (C=O) groups excluding carboxylic acids is 1. The summed E-state index contributed by atoms with van der Waals surface area (Å²) in [6.07, 6.45) is 8.40. The van der Waals surface area contributed by atoms with Gasteiger partial charge in [-0.15, -0.1) is 0 Å². The molecule has 1 heterocycles. The summed E-state index contributed by atoms with van der Waals surface area (Å²) in [5.41, 5.74) is 1.25. The number of aromatic hydroxyl groups is 1. The number of rotatable bonds is 10. The Kier molecular flexibility index (Phi) is 9.19. The Labute approximate surface area is 198 Å². The predicted molar refractivity (Wildman–Crippen MR) is 130 cm³/mol. The molecule has 3 unspecified atom stereocenters. The van der Waals surface area contributed by atoms with E-state index in [0.29, 0.717) is 30.6 Å². The lowest BCUT2D eigenvalue weighted by Gasteiger charge is -2.45. The van der Waals surface area contributed by atoms with E-state index in [1.165, 1.54) is 24.8 Å². The number of phenols is 1. The summed E-state index contributed by atoms with van der Waals surface area (Å²) < 4.78 is 0. The molecule has 6 heteroatoms. The van der Waals surface area contributed by atoms with Crippen molar-refractivity contribution in [3.63, 3.8) is 0 Å². The Hall–Kier alpha value is -2.08. The minimum atomic E-state index is -0.815. The van der Waals surface area contributed by atoms with Crippen molar-refractivity contribution in [2.24, 2.45) is 17.8 Å². The number of carboxylic acid groups (broad SMARTS) is 1. The van der Waals surface area contributed by atoms with Crippen molar-refractivity contribution in [1.29, 1.82) is 0 Å². The van der Waals surface area contributed by atoms with Gasteiger partial charge in [0.2, 0.25) is 5.91 Å². The fourth-order valence-corrected chi connectivity index (χ4v) is 5.83. The zero-order valence-electron chi connectivity index (χ0n) is 20.4. The molecule has 0 radical (unpaired) electrons. The number of nitrogens with zero attached hydrogens (tertiary/aromatic N) is 1. The highest BCUT2D eigenvalue weighted by Gasteiger charge is 2.38. The number of carboxylic acids is 1. The van der Waals surface area contributed by atoms with Crippen LogP contribution in [-0.2, 0) is 15.0 Å². The van der Waals surface area contributed by atoms with Crippen molar-refractivity contribution < 1.29 is 19.8 Å². The van der Waals surface area contributed by atoms with Crippen LogP contribution in [0.4, 0.5) is 0 Å². The van der Waals surface area contributed by atoms with Gasteiger partial charge in [-0.2, -0.15) is 0 Å². The second kappa shape index (κ2) is 11.9. The number of hydrogen-bond donors (Lipinski definition) is 3. The molecule has 0 aromatic heterocycles. The molecule has 1 aromatic carbocycles. The molecular weight excluding hydrogens is 416 g/mol. The van der Waals surface area contributed by atoms with Gasteiger partial charge in [0.1, 0.15) is 5.75 Å². The predicted octanol–water partition coefficient (Wildman–Crippen LogP) is 4.56. The number of amides is 1. The maximum atomic E-state index is 13.0. The lowest BCUT2D eigenvalue weighted by molar-refractivity contribution is -0.137. The molecule has 1 amide bonds. The van der Waals surface area contributed by atoms with E-state index in [0.717, 1.165) is 45.3 Å². The topological polar surface area (TPSA) is 89.9 Å². The van der Waals surface area contributed by atoms with Gasteiger partial charge in [0.15, 0.2) is 0 Å². The Balaban J connectivity index is 1.56. The van der Waals surface area contributed by atoms with Crippen molar-refractivity contribution in [2.75, 3.05) is 26.2 Å². The number of piperidine rings is 1. The summed E-state index contributed by atoms with van der Waals surface area (Å²) >= 11 is 0. The number of phenolic OH excluding ortho intramolecular Hbond substituents is 1. The lowest BCUT2D eigenvalue weighted by atomic mass is 9.68. The summed E-state index contributed by atoms with van der Waals surface area (Å²) in [5.74, 6) is 0.536. The highest BCUT2D eigenvalue weighted by atomic mass is 16.4. The average molecular weight is 459 g/mol. The van der Waals surface area contributed by atoms with E-state index in [2.05, 4.69) is 30.1 Å². The SMILES string of the molecule is CC1CN(CCC(C(=O)NCCCC(=O)O)C2CCCCC2)CCC1(C)c1cccc(O)c1. The standard InChI is InChI=1S/C27H42N2O4/c1-20-19-29(17-14-27(20,2)22-10-6-11-23(30)18-22)16-13-24(21-8-4-3-5-9-21)26(33)28-15-7-12-25(31)32/h6,10-11,18,20-21,24,30H,3-5,7-9,12-17,19H2,1-2H3,(H,28,33)(H,31,32). The minimum absolute atomic E-state index is 0.0183. The van der Waals surface area contributed by atoms with E-state index in [1.54, 1.807) is 6.07 Å². The summed E-state index contributed by atoms with van der Waals surface area (Å²) in [5, 5.41) is 21.8. The van der Waals surface area contributed by atoms with Gasteiger partial charge >= 0.3 is 5.97 Å². The molecule has 33 heavy (non-hydrogen) atoms. The molecule has 1 saturated carbocycles. The van der Waals surface area contributed by atoms with E-state index in [-0.39, 0.29) is 23.7 Å². The van der Waals surface area contributed by atoms with Crippen LogP contribution in [0.5, 0.6) is 5.75 Å². The maximum Gasteiger partial charge on any atom is 0.303 e. The Bertz CT molecular complexity index is 792. The number of benzene rings is 1. The third-order valence-corrected chi connectivity index (χ3v) is 8.25. The fraction of sp³-hybridized carbons (Fsp3) is 0.704. The summed E-state index contributed by atoms with van der Waals surface area (Å²) in [7, 11) is 0. The van der Waals surface area contributed by atoms with Gasteiger partial charge in [-0.25, -0.2) is 0 Å². The Morgan fingerprint density at radius 3 is 2.67 bits per heavy atom. The third-order valence-electron chi connectivity index (χ3n) is 8.25. The Morgan fingerprint density at radius 1 is 1.24 bits per heavy atom. The molecular formula is C27H42N2O4. The molecule has 1 aromatic rings. The first kappa shape index (κ1) is 25.5. The summed E-state index contributed by atoms with van der Waals surface area (Å²) in [6, 6.07) is 7.68. The third kappa shape index (κ3) is 6.95. The molecule has 3 rings (SSSR count). The molecule has 1 aliphatic heterocycles. The van der Waals surface area contributed by atoms with Crippen molar-refractivity contribution in [2.45, 2.75) is 77.0 Å². The van der Waals surface area contributed by atoms with E-state index >= 15 is 0 Å². The fourth-order valence-electron chi connectivity index (χ4n) is 5.83. The van der Waals surface area contributed by atoms with Gasteiger partial charge in [0.05, 0.1) is 0 Å². The first-order valence-corrected chi connectivity index (χ1v) is 12.8. The summed E-state index contributed by atoms with van der Waals surface area (Å²) in [6.45, 7) is 7.95. The largest absolute Gasteiger partial charge is 0.508 e. The monoisotopic (exact) mass is 458 g/mol. The van der Waals surface area contributed by atoms with Crippen LogP contribution < -0.4 is 5.32 Å². The first-order valence-electron chi connectivity index (χ1n) is 12.8.